The Kier molecular flexibility index (Phi) is 3.87. The van der Waals surface area contributed by atoms with Crippen molar-refractivity contribution < 1.29 is 0 Å². The lowest BCUT2D eigenvalue weighted by molar-refractivity contribution is 0.0828. The molecule has 2 fully saturated rings. The van der Waals surface area contributed by atoms with E-state index in [9.17, 15) is 0 Å². The third-order valence-corrected chi connectivity index (χ3v) is 5.60. The van der Waals surface area contributed by atoms with Gasteiger partial charge in [0.25, 0.3) is 0 Å². The van der Waals surface area contributed by atoms with Crippen LogP contribution in [-0.2, 0) is 0 Å². The van der Waals surface area contributed by atoms with Gasteiger partial charge in [-0.15, -0.1) is 0 Å². The van der Waals surface area contributed by atoms with E-state index in [0.29, 0.717) is 23.4 Å². The molecule has 20 heavy (non-hydrogen) atoms. The van der Waals surface area contributed by atoms with Crippen molar-refractivity contribution in [2.24, 2.45) is 11.1 Å². The Hall–Kier alpha value is -0.860. The van der Waals surface area contributed by atoms with Crippen LogP contribution in [0.25, 0.3) is 0 Å². The summed E-state index contributed by atoms with van der Waals surface area (Å²) in [5.41, 5.74) is 8.38. The average molecular weight is 272 g/mol. The van der Waals surface area contributed by atoms with Crippen molar-refractivity contribution in [1.82, 2.24) is 4.90 Å². The maximum atomic E-state index is 6.58. The van der Waals surface area contributed by atoms with E-state index in [-0.39, 0.29) is 0 Å². The molecule has 0 aromatic heterocycles. The molecule has 2 N–H and O–H groups in total. The summed E-state index contributed by atoms with van der Waals surface area (Å²) >= 11 is 0. The van der Waals surface area contributed by atoms with Gasteiger partial charge in [0.1, 0.15) is 0 Å². The fraction of sp³-hybridized carbons (Fsp3) is 0.667. The Morgan fingerprint density at radius 1 is 1.15 bits per heavy atom. The number of hydrogen-bond acceptors (Lipinski definition) is 2. The molecule has 1 heterocycles. The average Bonchev–Trinajstić information content (AvgIpc) is 2.92. The summed E-state index contributed by atoms with van der Waals surface area (Å²) in [6.07, 6.45) is 5.18. The van der Waals surface area contributed by atoms with E-state index >= 15 is 0 Å². The normalized spacial score (nSPS) is 34.2. The van der Waals surface area contributed by atoms with Crippen LogP contribution in [0, 0.1) is 5.41 Å². The molecule has 110 valence electrons. The lowest BCUT2D eigenvalue weighted by Gasteiger charge is -2.45. The second-order valence-electron chi connectivity index (χ2n) is 7.37. The number of nitrogens with two attached hydrogens (primary N) is 1. The lowest BCUT2D eigenvalue weighted by Crippen LogP contribution is -2.56. The number of benzene rings is 1. The van der Waals surface area contributed by atoms with E-state index < -0.39 is 0 Å². The van der Waals surface area contributed by atoms with Gasteiger partial charge in [-0.1, -0.05) is 50.6 Å². The Balaban J connectivity index is 1.68. The lowest BCUT2D eigenvalue weighted by atomic mass is 9.71. The minimum atomic E-state index is 0.299. The van der Waals surface area contributed by atoms with Crippen molar-refractivity contribution in [3.8, 4) is 0 Å². The minimum absolute atomic E-state index is 0.299. The van der Waals surface area contributed by atoms with Crippen LogP contribution in [0.3, 0.4) is 0 Å². The van der Waals surface area contributed by atoms with Gasteiger partial charge in [-0.2, -0.15) is 0 Å². The topological polar surface area (TPSA) is 29.3 Å². The van der Waals surface area contributed by atoms with Crippen LogP contribution in [-0.4, -0.2) is 30.1 Å². The van der Waals surface area contributed by atoms with Crippen LogP contribution >= 0.6 is 0 Å². The summed E-state index contributed by atoms with van der Waals surface area (Å²) in [6.45, 7) is 7.09. The van der Waals surface area contributed by atoms with Gasteiger partial charge >= 0.3 is 0 Å². The maximum absolute atomic E-state index is 6.58. The third-order valence-electron chi connectivity index (χ3n) is 5.60. The van der Waals surface area contributed by atoms with Crippen LogP contribution in [0.5, 0.6) is 0 Å². The van der Waals surface area contributed by atoms with E-state index in [1.165, 1.54) is 44.3 Å². The Labute approximate surface area is 123 Å². The van der Waals surface area contributed by atoms with E-state index in [0.717, 1.165) is 0 Å². The molecule has 0 amide bonds. The fourth-order valence-electron chi connectivity index (χ4n) is 4.13. The van der Waals surface area contributed by atoms with Crippen LogP contribution in [0.4, 0.5) is 0 Å². The van der Waals surface area contributed by atoms with Gasteiger partial charge in [-0.05, 0) is 42.7 Å². The molecule has 2 aliphatic rings. The SMILES string of the molecule is CC1(C)CCCC(N2CCC(c3ccccc3)C2)C1N. The van der Waals surface area contributed by atoms with Gasteiger partial charge in [0.05, 0.1) is 0 Å². The van der Waals surface area contributed by atoms with E-state index in [2.05, 4.69) is 49.1 Å². The maximum Gasteiger partial charge on any atom is 0.0252 e. The van der Waals surface area contributed by atoms with E-state index in [1.54, 1.807) is 0 Å². The monoisotopic (exact) mass is 272 g/mol. The van der Waals surface area contributed by atoms with Gasteiger partial charge in [0.15, 0.2) is 0 Å². The fourth-order valence-corrected chi connectivity index (χ4v) is 4.13. The number of nitrogens with zero attached hydrogens (tertiary/aromatic N) is 1. The van der Waals surface area contributed by atoms with Crippen LogP contribution in [0.1, 0.15) is 51.0 Å². The second kappa shape index (κ2) is 5.50. The molecule has 3 unspecified atom stereocenters. The first-order valence-electron chi connectivity index (χ1n) is 8.12. The summed E-state index contributed by atoms with van der Waals surface area (Å²) in [5, 5.41) is 0. The molecule has 1 saturated heterocycles. The summed E-state index contributed by atoms with van der Waals surface area (Å²) in [7, 11) is 0. The van der Waals surface area contributed by atoms with Crippen LogP contribution < -0.4 is 5.73 Å². The third kappa shape index (κ3) is 2.64. The molecule has 1 aliphatic carbocycles. The van der Waals surface area contributed by atoms with Crippen LogP contribution in [0.2, 0.25) is 0 Å². The summed E-state index contributed by atoms with van der Waals surface area (Å²) < 4.78 is 0. The summed E-state index contributed by atoms with van der Waals surface area (Å²) in [4.78, 5) is 2.67. The zero-order valence-corrected chi connectivity index (χ0v) is 12.9. The molecule has 1 aromatic carbocycles. The Morgan fingerprint density at radius 3 is 2.65 bits per heavy atom. The molecule has 0 spiro atoms. The van der Waals surface area contributed by atoms with E-state index in [1.807, 2.05) is 0 Å². The molecular formula is C18H28N2. The van der Waals surface area contributed by atoms with Crippen molar-refractivity contribution in [3.05, 3.63) is 35.9 Å². The predicted octanol–water partition coefficient (Wildman–Crippen LogP) is 3.38. The first-order valence-corrected chi connectivity index (χ1v) is 8.12. The van der Waals surface area contributed by atoms with Gasteiger partial charge in [0.2, 0.25) is 0 Å². The van der Waals surface area contributed by atoms with Crippen molar-refractivity contribution >= 4 is 0 Å². The molecule has 1 saturated carbocycles. The van der Waals surface area contributed by atoms with Crippen LogP contribution in [0.15, 0.2) is 30.3 Å². The molecule has 2 nitrogen and oxygen atoms in total. The highest BCUT2D eigenvalue weighted by Crippen LogP contribution is 2.39. The molecule has 2 heteroatoms. The summed E-state index contributed by atoms with van der Waals surface area (Å²) in [5.74, 6) is 0.702. The zero-order chi connectivity index (χ0) is 14.2. The van der Waals surface area contributed by atoms with Gasteiger partial charge < -0.3 is 5.73 Å². The number of hydrogen-bond donors (Lipinski definition) is 1. The molecular weight excluding hydrogens is 244 g/mol. The number of rotatable bonds is 2. The predicted molar refractivity (Wildman–Crippen MR) is 84.8 cm³/mol. The van der Waals surface area contributed by atoms with Crippen molar-refractivity contribution in [2.75, 3.05) is 13.1 Å². The largest absolute Gasteiger partial charge is 0.326 e. The first-order chi connectivity index (χ1) is 9.58. The second-order valence-corrected chi connectivity index (χ2v) is 7.37. The highest BCUT2D eigenvalue weighted by atomic mass is 15.2. The highest BCUT2D eigenvalue weighted by Gasteiger charge is 2.41. The molecule has 0 radical (unpaired) electrons. The molecule has 1 aliphatic heterocycles. The van der Waals surface area contributed by atoms with Gasteiger partial charge in [-0.25, -0.2) is 0 Å². The van der Waals surface area contributed by atoms with Crippen molar-refractivity contribution in [3.63, 3.8) is 0 Å². The van der Waals surface area contributed by atoms with Crippen molar-refractivity contribution in [2.45, 2.75) is 57.5 Å². The quantitative estimate of drug-likeness (QED) is 0.894. The van der Waals surface area contributed by atoms with Gasteiger partial charge in [0, 0.05) is 18.6 Å². The molecule has 0 bridgehead atoms. The van der Waals surface area contributed by atoms with Crippen molar-refractivity contribution in [1.29, 1.82) is 0 Å². The Bertz CT molecular complexity index is 440. The standard InChI is InChI=1S/C18H28N2/c1-18(2)11-6-9-16(17(18)19)20-12-10-15(13-20)14-7-4-3-5-8-14/h3-5,7-8,15-17H,6,9-13,19H2,1-2H3. The smallest absolute Gasteiger partial charge is 0.0252 e. The van der Waals surface area contributed by atoms with Gasteiger partial charge in [-0.3, -0.25) is 4.90 Å². The number of likely N-dealkylation sites (tertiary alicyclic amines) is 1. The summed E-state index contributed by atoms with van der Waals surface area (Å²) in [6, 6.07) is 11.9. The highest BCUT2D eigenvalue weighted by molar-refractivity contribution is 5.21. The van der Waals surface area contributed by atoms with E-state index in [4.69, 9.17) is 5.73 Å². The Morgan fingerprint density at radius 2 is 1.90 bits per heavy atom. The minimum Gasteiger partial charge on any atom is -0.326 e. The molecule has 3 rings (SSSR count). The molecule has 1 aromatic rings. The molecule has 3 atom stereocenters. The zero-order valence-electron chi connectivity index (χ0n) is 12.9. The first kappa shape index (κ1) is 14.1.